The predicted molar refractivity (Wildman–Crippen MR) is 402 cm³/mol. The van der Waals surface area contributed by atoms with Gasteiger partial charge in [-0.05, 0) is 69.9 Å². The molecular weight excluding hydrogens is 1430 g/mol. The summed E-state index contributed by atoms with van der Waals surface area (Å²) >= 11 is 0. The van der Waals surface area contributed by atoms with E-state index in [9.17, 15) is 48.3 Å². The molecule has 5 N–H and O–H groups in total. The molecule has 0 aromatic heterocycles. The molecule has 0 radical (unpaired) electrons. The number of methoxy groups -OCH3 is 2. The highest BCUT2D eigenvalue weighted by Gasteiger charge is 2.46. The van der Waals surface area contributed by atoms with Crippen molar-refractivity contribution >= 4 is 76.6 Å². The van der Waals surface area contributed by atoms with E-state index in [1.165, 1.54) is 62.3 Å². The molecule has 3 aromatic rings. The molecular formula is C78H109N9O23. The number of amides is 9. The minimum absolute atomic E-state index is 0.00559. The van der Waals surface area contributed by atoms with Crippen molar-refractivity contribution in [2.75, 3.05) is 163 Å². The second-order valence-electron chi connectivity index (χ2n) is 27.0. The van der Waals surface area contributed by atoms with Gasteiger partial charge in [0.2, 0.25) is 35.4 Å². The standard InChI is InChI=1S/C78H109N9O23/c1-7-8-9-10-11-12-14-57-43-72(91)84(74(57)93)22-19-69(88)79-21-26-101-28-30-103-32-34-105-36-38-107-40-39-106-37-35-104-33-31-102-29-27-100-25-20-70(89)81-49-71(90)82-55(4)73(92)83-58-17-15-56(16-18-58)52-110-78(97)87-63-47-68(66(99-6)45-61(63)76(95)86-51-54(3)42-64(86)77(87)96)109-24-13-23-108-67-46-62-60(44-65(67)98-5)75(94)85-50-53(2)41-59(85)48-80-62/h15-18,44-48,50-51,55,57,59,64,77,96H,7-14,19-43,49,52H2,1-6H3,(H,79,88)(H,81,89)(H,82,90)(H,83,92)/t55-,57?,59?,64-,77-/m0/s1. The minimum atomic E-state index is -1.55. The van der Waals surface area contributed by atoms with Crippen molar-refractivity contribution < 1.29 is 110 Å². The zero-order valence-corrected chi connectivity index (χ0v) is 64.2. The number of carbonyl (C=O) groups is 9. The lowest BCUT2D eigenvalue weighted by Gasteiger charge is -2.31. The molecule has 8 rings (SSSR count). The molecule has 1 saturated heterocycles. The van der Waals surface area contributed by atoms with E-state index in [-0.39, 0.29) is 137 Å². The van der Waals surface area contributed by atoms with Gasteiger partial charge in [0.1, 0.15) is 12.6 Å². The highest BCUT2D eigenvalue weighted by Crippen LogP contribution is 2.43. The average molecular weight is 1540 g/mol. The Labute approximate surface area is 642 Å². The zero-order valence-electron chi connectivity index (χ0n) is 64.2. The number of hydrogen-bond acceptors (Lipinski definition) is 24. The number of aliphatic hydroxyl groups is 1. The average Bonchev–Trinajstić information content (AvgIpc) is 1.59. The molecule has 0 spiro atoms. The number of hydrogen-bond donors (Lipinski definition) is 5. The van der Waals surface area contributed by atoms with Crippen molar-refractivity contribution in [1.29, 1.82) is 0 Å². The number of imide groups is 1. The summed E-state index contributed by atoms with van der Waals surface area (Å²) in [6, 6.07) is 10.6. The van der Waals surface area contributed by atoms with Gasteiger partial charge in [0.15, 0.2) is 29.2 Å². The fourth-order valence-corrected chi connectivity index (χ4v) is 12.6. The maximum absolute atomic E-state index is 14.2. The van der Waals surface area contributed by atoms with Gasteiger partial charge in [-0.15, -0.1) is 0 Å². The van der Waals surface area contributed by atoms with Crippen LogP contribution in [0.1, 0.15) is 137 Å². The third-order valence-corrected chi connectivity index (χ3v) is 18.5. The summed E-state index contributed by atoms with van der Waals surface area (Å²) in [6.45, 7) is 13.0. The monoisotopic (exact) mass is 1540 g/mol. The van der Waals surface area contributed by atoms with Crippen LogP contribution in [0.3, 0.4) is 0 Å². The van der Waals surface area contributed by atoms with Gasteiger partial charge < -0.3 is 97.8 Å². The molecule has 0 saturated carbocycles. The largest absolute Gasteiger partial charge is 0.493 e. The van der Waals surface area contributed by atoms with Gasteiger partial charge in [-0.3, -0.25) is 48.2 Å². The van der Waals surface area contributed by atoms with Crippen LogP contribution in [0.5, 0.6) is 23.0 Å². The molecule has 5 aliphatic heterocycles. The van der Waals surface area contributed by atoms with Crippen molar-refractivity contribution in [2.45, 2.75) is 142 Å². The molecule has 5 aliphatic rings. The number of carbonyl (C=O) groups excluding carboxylic acids is 9. The summed E-state index contributed by atoms with van der Waals surface area (Å²) in [5.41, 5.74) is 3.73. The lowest BCUT2D eigenvalue weighted by atomic mass is 9.99. The minimum Gasteiger partial charge on any atom is -0.493 e. The number of unbranched alkanes of at least 4 members (excludes halogenated alkanes) is 5. The molecule has 5 heterocycles. The van der Waals surface area contributed by atoms with Gasteiger partial charge in [-0.1, -0.05) is 68.7 Å². The molecule has 32 nitrogen and oxygen atoms in total. The first-order chi connectivity index (χ1) is 53.4. The van der Waals surface area contributed by atoms with Gasteiger partial charge >= 0.3 is 6.09 Å². The fraction of sp³-hybridized carbons (Fsp3) is 0.590. The smallest absolute Gasteiger partial charge is 0.416 e. The van der Waals surface area contributed by atoms with E-state index in [1.54, 1.807) is 53.7 Å². The van der Waals surface area contributed by atoms with Gasteiger partial charge in [0.25, 0.3) is 11.8 Å². The van der Waals surface area contributed by atoms with Crippen LogP contribution in [0.15, 0.2) is 77.1 Å². The van der Waals surface area contributed by atoms with E-state index in [0.29, 0.717) is 139 Å². The van der Waals surface area contributed by atoms with Crippen molar-refractivity contribution in [1.82, 2.24) is 30.7 Å². The number of aliphatic imine (C=N–C) groups is 1. The van der Waals surface area contributed by atoms with Crippen molar-refractivity contribution in [3.8, 4) is 23.0 Å². The normalized spacial score (nSPS) is 17.3. The van der Waals surface area contributed by atoms with Crippen LogP contribution in [0.25, 0.3) is 0 Å². The second kappa shape index (κ2) is 46.5. The van der Waals surface area contributed by atoms with Gasteiger partial charge in [-0.2, -0.15) is 0 Å². The summed E-state index contributed by atoms with van der Waals surface area (Å²) in [5, 5.41) is 22.5. The molecule has 604 valence electrons. The number of anilines is 2. The van der Waals surface area contributed by atoms with Crippen LogP contribution in [0.4, 0.5) is 21.9 Å². The Morgan fingerprint density at radius 1 is 0.582 bits per heavy atom. The molecule has 9 amide bonds. The molecule has 0 aliphatic carbocycles. The molecule has 110 heavy (non-hydrogen) atoms. The highest BCUT2D eigenvalue weighted by atomic mass is 16.6. The van der Waals surface area contributed by atoms with E-state index in [1.807, 2.05) is 20.0 Å². The number of fused-ring (bicyclic) bond motifs is 4. The van der Waals surface area contributed by atoms with Gasteiger partial charge in [-0.25, -0.2) is 9.69 Å². The summed E-state index contributed by atoms with van der Waals surface area (Å²) < 4.78 is 73.5. The maximum Gasteiger partial charge on any atom is 0.416 e. The van der Waals surface area contributed by atoms with Crippen molar-refractivity contribution in [3.05, 3.63) is 88.8 Å². The number of likely N-dealkylation sites (tertiary alicyclic amines) is 1. The number of nitrogens with one attached hydrogen (secondary N) is 4. The maximum atomic E-state index is 14.2. The predicted octanol–water partition coefficient (Wildman–Crippen LogP) is 6.69. The number of ether oxygens (including phenoxy) is 13. The van der Waals surface area contributed by atoms with Crippen molar-refractivity contribution in [3.63, 3.8) is 0 Å². The van der Waals surface area contributed by atoms with E-state index >= 15 is 0 Å². The Balaban J connectivity index is 0.602. The zero-order chi connectivity index (χ0) is 78.6. The number of nitrogens with zero attached hydrogens (tertiary/aromatic N) is 5. The molecule has 1 fully saturated rings. The number of rotatable bonds is 52. The fourth-order valence-electron chi connectivity index (χ4n) is 12.6. The quantitative estimate of drug-likeness (QED) is 0.0290. The highest BCUT2D eigenvalue weighted by molar-refractivity contribution is 6.07. The Morgan fingerprint density at radius 2 is 1.13 bits per heavy atom. The summed E-state index contributed by atoms with van der Waals surface area (Å²) in [5.74, 6) is -1.93. The summed E-state index contributed by atoms with van der Waals surface area (Å²) in [7, 11) is 2.91. The molecule has 32 heteroatoms. The Bertz CT molecular complexity index is 3630. The third kappa shape index (κ3) is 27.1. The van der Waals surface area contributed by atoms with Crippen LogP contribution in [0, 0.1) is 5.92 Å². The Morgan fingerprint density at radius 3 is 1.75 bits per heavy atom. The van der Waals surface area contributed by atoms with E-state index in [0.717, 1.165) is 41.7 Å². The first-order valence-corrected chi connectivity index (χ1v) is 37.9. The van der Waals surface area contributed by atoms with Crippen molar-refractivity contribution in [2.24, 2.45) is 10.9 Å². The van der Waals surface area contributed by atoms with Crippen LogP contribution in [-0.4, -0.2) is 257 Å². The van der Waals surface area contributed by atoms with E-state index in [2.05, 4.69) is 33.2 Å². The van der Waals surface area contributed by atoms with Gasteiger partial charge in [0.05, 0.1) is 174 Å². The molecule has 0 bridgehead atoms. The van der Waals surface area contributed by atoms with E-state index in [4.69, 9.17) is 61.6 Å². The number of aliphatic hydroxyl groups excluding tert-OH is 1. The summed E-state index contributed by atoms with van der Waals surface area (Å²) in [6.07, 6.45) is 11.9. The van der Waals surface area contributed by atoms with Crippen LogP contribution < -0.4 is 45.1 Å². The summed E-state index contributed by atoms with van der Waals surface area (Å²) in [4.78, 5) is 127. The number of benzene rings is 3. The first-order valence-electron chi connectivity index (χ1n) is 37.9. The lowest BCUT2D eigenvalue weighted by molar-refractivity contribution is -0.140. The topological polar surface area (TPSA) is 367 Å². The first kappa shape index (κ1) is 86.5. The molecule has 5 atom stereocenters. The van der Waals surface area contributed by atoms with E-state index < -0.39 is 48.0 Å². The molecule has 3 aromatic carbocycles. The molecule has 2 unspecified atom stereocenters. The lowest BCUT2D eigenvalue weighted by Crippen LogP contribution is -2.50. The van der Waals surface area contributed by atoms with Gasteiger partial charge in [0, 0.05) is 81.1 Å². The SMILES string of the molecule is CCCCCCCCC1CC(=O)N(CCC(=O)NCCOCCOCCOCCOCCOCCOCCOCCOCCC(=O)NCC(=O)N[C@@H](C)C(=O)Nc2ccc(COC(=O)N3c4cc(OCCCOc5cc6c(cc5OC)C(=O)N5C=C(C)CC5C=N6)c(OC)cc4C(=O)N4C=C(C)C[C@H]4[C@@H]3O)cc2)C1=O. The van der Waals surface area contributed by atoms with Crippen LogP contribution >= 0.6 is 0 Å². The second-order valence-corrected chi connectivity index (χ2v) is 27.0. The van der Waals surface area contributed by atoms with Crippen LogP contribution in [0.2, 0.25) is 0 Å². The Hall–Kier alpha value is -9.12. The Kier molecular flexibility index (Phi) is 36.6. The van der Waals surface area contributed by atoms with Crippen LogP contribution in [-0.2, 0) is 78.0 Å². The third-order valence-electron chi connectivity index (χ3n) is 18.5.